The summed E-state index contributed by atoms with van der Waals surface area (Å²) >= 11 is -0.556. The average Bonchev–Trinajstić information content (AvgIpc) is 2.66. The van der Waals surface area contributed by atoms with Gasteiger partial charge in [0.1, 0.15) is 0 Å². The number of hydrogen-bond donors (Lipinski definition) is 0. The SMILES string of the molecule is Cc1c[c-](CCN(C)C)c2ccccc12.[Cl][Ti][Cl]. The molecule has 0 aliphatic heterocycles. The van der Waals surface area contributed by atoms with Gasteiger partial charge in [-0.05, 0) is 27.1 Å². The first kappa shape index (κ1) is 16.1. The Morgan fingerprint density at radius 3 is 2.44 bits per heavy atom. The molecule has 0 spiro atoms. The number of likely N-dealkylation sites (N-methyl/N-ethyl adjacent to an activating group) is 1. The quantitative estimate of drug-likeness (QED) is 0.601. The molecule has 0 aliphatic carbocycles. The van der Waals surface area contributed by atoms with E-state index in [9.17, 15) is 0 Å². The van der Waals surface area contributed by atoms with Gasteiger partial charge in [0.25, 0.3) is 0 Å². The Hall–Kier alpha value is 0.0843. The Morgan fingerprint density at radius 2 is 1.83 bits per heavy atom. The van der Waals surface area contributed by atoms with Gasteiger partial charge in [-0.2, -0.15) is 5.56 Å². The molecule has 2 aromatic carbocycles. The summed E-state index contributed by atoms with van der Waals surface area (Å²) in [7, 11) is 14.0. The van der Waals surface area contributed by atoms with Crippen molar-refractivity contribution in [3.05, 3.63) is 41.5 Å². The van der Waals surface area contributed by atoms with Crippen LogP contribution in [0.1, 0.15) is 11.1 Å². The number of benzene rings is 1. The fourth-order valence-electron chi connectivity index (χ4n) is 2.07. The zero-order valence-electron chi connectivity index (χ0n) is 11.0. The molecular formula is C14H18Cl2NTi-. The summed E-state index contributed by atoms with van der Waals surface area (Å²) in [6, 6.07) is 11.0. The summed E-state index contributed by atoms with van der Waals surface area (Å²) in [5, 5.41) is 2.84. The van der Waals surface area contributed by atoms with Crippen LogP contribution in [-0.2, 0) is 23.5 Å². The van der Waals surface area contributed by atoms with Crippen molar-refractivity contribution >= 4 is 29.4 Å². The maximum absolute atomic E-state index is 4.89. The van der Waals surface area contributed by atoms with Gasteiger partial charge in [0.2, 0.25) is 0 Å². The van der Waals surface area contributed by atoms with Gasteiger partial charge in [-0.15, -0.1) is 40.6 Å². The molecule has 0 saturated heterocycles. The Morgan fingerprint density at radius 1 is 1.22 bits per heavy atom. The number of rotatable bonds is 3. The van der Waals surface area contributed by atoms with Gasteiger partial charge < -0.3 is 4.90 Å². The summed E-state index contributed by atoms with van der Waals surface area (Å²) in [5.74, 6) is 0. The molecule has 0 amide bonds. The van der Waals surface area contributed by atoms with E-state index in [0.29, 0.717) is 0 Å². The van der Waals surface area contributed by atoms with Crippen LogP contribution in [0.4, 0.5) is 0 Å². The van der Waals surface area contributed by atoms with Crippen molar-refractivity contribution in [2.45, 2.75) is 13.3 Å². The zero-order chi connectivity index (χ0) is 13.5. The van der Waals surface area contributed by atoms with Crippen LogP contribution in [0.15, 0.2) is 30.3 Å². The van der Waals surface area contributed by atoms with Crippen LogP contribution in [-0.4, -0.2) is 25.5 Å². The number of fused-ring (bicyclic) bond motifs is 1. The predicted molar refractivity (Wildman–Crippen MR) is 78.2 cm³/mol. The van der Waals surface area contributed by atoms with Gasteiger partial charge in [-0.25, -0.2) is 0 Å². The van der Waals surface area contributed by atoms with E-state index in [2.05, 4.69) is 56.3 Å². The van der Waals surface area contributed by atoms with Gasteiger partial charge >= 0.3 is 35.6 Å². The summed E-state index contributed by atoms with van der Waals surface area (Å²) in [5.41, 5.74) is 2.89. The molecule has 0 N–H and O–H groups in total. The molecule has 2 aromatic rings. The van der Waals surface area contributed by atoms with Crippen LogP contribution < -0.4 is 0 Å². The van der Waals surface area contributed by atoms with Crippen LogP contribution in [0.2, 0.25) is 0 Å². The Balaban J connectivity index is 0.000000492. The molecule has 0 aliphatic rings. The van der Waals surface area contributed by atoms with Crippen LogP contribution in [0.3, 0.4) is 0 Å². The predicted octanol–water partition coefficient (Wildman–Crippen LogP) is 4.35. The number of nitrogens with zero attached hydrogens (tertiary/aromatic N) is 1. The second kappa shape index (κ2) is 8.29. The molecule has 4 heteroatoms. The van der Waals surface area contributed by atoms with Gasteiger partial charge in [-0.3, -0.25) is 0 Å². The minimum atomic E-state index is -0.556. The molecule has 0 atom stereocenters. The van der Waals surface area contributed by atoms with Crippen LogP contribution in [0.25, 0.3) is 10.8 Å². The average molecular weight is 319 g/mol. The Kier molecular flexibility index (Phi) is 7.44. The number of aryl methyl sites for hydroxylation is 1. The van der Waals surface area contributed by atoms with Gasteiger partial charge in [0.05, 0.1) is 0 Å². The van der Waals surface area contributed by atoms with E-state index >= 15 is 0 Å². The normalized spacial score (nSPS) is 10.3. The van der Waals surface area contributed by atoms with Crippen molar-refractivity contribution in [1.82, 2.24) is 4.90 Å². The minimum absolute atomic E-state index is 0.556. The Bertz CT molecular complexity index is 480. The fraction of sp³-hybridized carbons (Fsp3) is 0.357. The van der Waals surface area contributed by atoms with E-state index in [1.807, 2.05) is 0 Å². The summed E-state index contributed by atoms with van der Waals surface area (Å²) in [6.07, 6.45) is 1.14. The molecule has 1 nitrogen and oxygen atoms in total. The van der Waals surface area contributed by atoms with E-state index in [1.54, 1.807) is 0 Å². The number of hydrogen-bond acceptors (Lipinski definition) is 1. The molecule has 0 aromatic heterocycles. The molecule has 0 unspecified atom stereocenters. The third-order valence-electron chi connectivity index (χ3n) is 2.92. The molecular weight excluding hydrogens is 301 g/mol. The molecule has 2 rings (SSSR count). The molecule has 18 heavy (non-hydrogen) atoms. The summed E-state index contributed by atoms with van der Waals surface area (Å²) < 4.78 is 0. The van der Waals surface area contributed by atoms with E-state index in [0.717, 1.165) is 13.0 Å². The van der Waals surface area contributed by atoms with Crippen LogP contribution in [0.5, 0.6) is 0 Å². The number of halogens is 2. The second-order valence-corrected chi connectivity index (χ2v) is 7.10. The van der Waals surface area contributed by atoms with E-state index < -0.39 is 17.0 Å². The van der Waals surface area contributed by atoms with Gasteiger partial charge in [0, 0.05) is 0 Å². The standard InChI is InChI=1S/C14H18N.2ClH.Ti/c1-11-10-12(8-9-15(2)3)14-7-5-4-6-13(11)14;;;/h4-7,10H,8-9H2,1-3H3;2*1H;/q-1;;;+2/p-2. The van der Waals surface area contributed by atoms with Crippen molar-refractivity contribution < 1.29 is 17.0 Å². The van der Waals surface area contributed by atoms with Gasteiger partial charge in [-0.1, -0.05) is 13.0 Å². The molecule has 0 bridgehead atoms. The third-order valence-corrected chi connectivity index (χ3v) is 2.92. The zero-order valence-corrected chi connectivity index (χ0v) is 14.1. The second-order valence-electron chi connectivity index (χ2n) is 4.52. The van der Waals surface area contributed by atoms with Crippen molar-refractivity contribution in [3.63, 3.8) is 0 Å². The van der Waals surface area contributed by atoms with Gasteiger partial charge in [0.15, 0.2) is 0 Å². The van der Waals surface area contributed by atoms with Crippen molar-refractivity contribution in [2.75, 3.05) is 20.6 Å². The first-order valence-electron chi connectivity index (χ1n) is 5.85. The van der Waals surface area contributed by atoms with Crippen molar-refractivity contribution in [3.8, 4) is 0 Å². The topological polar surface area (TPSA) is 3.24 Å². The summed E-state index contributed by atoms with van der Waals surface area (Å²) in [4.78, 5) is 2.23. The molecule has 0 heterocycles. The third kappa shape index (κ3) is 4.64. The fourth-order valence-corrected chi connectivity index (χ4v) is 2.07. The van der Waals surface area contributed by atoms with Crippen LogP contribution >= 0.6 is 18.6 Å². The molecule has 0 saturated carbocycles. The van der Waals surface area contributed by atoms with E-state index in [1.165, 1.54) is 21.9 Å². The first-order chi connectivity index (χ1) is 8.60. The van der Waals surface area contributed by atoms with E-state index in [-0.39, 0.29) is 0 Å². The molecule has 0 fully saturated rings. The molecule has 0 radical (unpaired) electrons. The Labute approximate surface area is 126 Å². The van der Waals surface area contributed by atoms with E-state index in [4.69, 9.17) is 18.6 Å². The summed E-state index contributed by atoms with van der Waals surface area (Å²) in [6.45, 7) is 3.31. The monoisotopic (exact) mass is 318 g/mol. The molecule has 98 valence electrons. The van der Waals surface area contributed by atoms with Crippen LogP contribution in [0, 0.1) is 6.92 Å². The maximum atomic E-state index is 4.89. The first-order valence-corrected chi connectivity index (χ1v) is 10.1. The van der Waals surface area contributed by atoms with Crippen molar-refractivity contribution in [2.24, 2.45) is 0 Å². The van der Waals surface area contributed by atoms with Crippen molar-refractivity contribution in [1.29, 1.82) is 0 Å².